The highest BCUT2D eigenvalue weighted by molar-refractivity contribution is 7.81. The zero-order valence-corrected chi connectivity index (χ0v) is 20.5. The maximum Gasteiger partial charge on any atom is 0.320 e. The van der Waals surface area contributed by atoms with Crippen molar-refractivity contribution in [2.75, 3.05) is 11.9 Å². The molecule has 1 heterocycles. The lowest BCUT2D eigenvalue weighted by Crippen LogP contribution is -2.36. The standard InChI is InChI=1S/C25H20N3O6PS/c29-22(27-24-26-20-12-11-17(28(31)32)15-21(20)36-24)16-34-23(30)25(13-14-25)35(33,18-7-3-1-4-8-18)19-9-5-2-6-10-19/h1-12,15H,13-14,16H2,(H,26,27,29). The fourth-order valence-corrected chi connectivity index (χ4v) is 8.64. The predicted molar refractivity (Wildman–Crippen MR) is 138 cm³/mol. The van der Waals surface area contributed by atoms with Crippen molar-refractivity contribution >= 4 is 62.0 Å². The van der Waals surface area contributed by atoms with Crippen molar-refractivity contribution in [3.05, 3.63) is 89.0 Å². The number of hydrogen-bond acceptors (Lipinski definition) is 8. The molecule has 1 fully saturated rings. The molecule has 9 nitrogen and oxygen atoms in total. The lowest BCUT2D eigenvalue weighted by molar-refractivity contribution is -0.384. The van der Waals surface area contributed by atoms with E-state index in [0.717, 1.165) is 11.3 Å². The van der Waals surface area contributed by atoms with Gasteiger partial charge in [-0.1, -0.05) is 72.0 Å². The number of nitrogens with one attached hydrogen (secondary N) is 1. The Morgan fingerprint density at radius 1 is 1.03 bits per heavy atom. The molecule has 0 radical (unpaired) electrons. The molecule has 1 aliphatic carbocycles. The Bertz CT molecular complexity index is 1480. The second-order valence-electron chi connectivity index (χ2n) is 8.36. The highest BCUT2D eigenvalue weighted by atomic mass is 32.1. The van der Waals surface area contributed by atoms with E-state index in [1.807, 2.05) is 12.1 Å². The molecule has 11 heteroatoms. The second-order valence-corrected chi connectivity index (χ2v) is 12.5. The number of anilines is 1. The van der Waals surface area contributed by atoms with Crippen molar-refractivity contribution in [1.29, 1.82) is 0 Å². The molecule has 0 unspecified atom stereocenters. The lowest BCUT2D eigenvalue weighted by Gasteiger charge is -2.27. The van der Waals surface area contributed by atoms with Gasteiger partial charge in [-0.05, 0) is 18.9 Å². The zero-order valence-electron chi connectivity index (χ0n) is 18.8. The van der Waals surface area contributed by atoms with Gasteiger partial charge in [-0.25, -0.2) is 4.98 Å². The Balaban J connectivity index is 1.32. The minimum Gasteiger partial charge on any atom is -0.455 e. The lowest BCUT2D eigenvalue weighted by atomic mass is 10.3. The quantitative estimate of drug-likeness (QED) is 0.159. The summed E-state index contributed by atoms with van der Waals surface area (Å²) in [7, 11) is -3.40. The van der Waals surface area contributed by atoms with Crippen LogP contribution in [0.4, 0.5) is 10.8 Å². The molecule has 3 aromatic carbocycles. The topological polar surface area (TPSA) is 128 Å². The van der Waals surface area contributed by atoms with Gasteiger partial charge in [0, 0.05) is 22.7 Å². The van der Waals surface area contributed by atoms with Gasteiger partial charge < -0.3 is 9.30 Å². The van der Waals surface area contributed by atoms with E-state index in [4.69, 9.17) is 4.74 Å². The number of fused-ring (bicyclic) bond motifs is 1. The number of ether oxygens (including phenoxy) is 1. The monoisotopic (exact) mass is 521 g/mol. The highest BCUT2D eigenvalue weighted by Gasteiger charge is 2.65. The number of benzene rings is 3. The fourth-order valence-electron chi connectivity index (χ4n) is 4.19. The van der Waals surface area contributed by atoms with Crippen molar-refractivity contribution in [3.8, 4) is 0 Å². The van der Waals surface area contributed by atoms with Gasteiger partial charge in [-0.15, -0.1) is 0 Å². The number of amides is 1. The summed E-state index contributed by atoms with van der Waals surface area (Å²) in [6, 6.07) is 22.0. The molecule has 5 rings (SSSR count). The number of hydrogen-bond donors (Lipinski definition) is 1. The van der Waals surface area contributed by atoms with Crippen molar-refractivity contribution in [2.24, 2.45) is 0 Å². The maximum atomic E-state index is 14.6. The average molecular weight is 521 g/mol. The molecule has 1 aliphatic rings. The summed E-state index contributed by atoms with van der Waals surface area (Å²) in [4.78, 5) is 40.5. The number of non-ortho nitro benzene ring substituents is 1. The minimum absolute atomic E-state index is 0.0750. The van der Waals surface area contributed by atoms with E-state index in [1.165, 1.54) is 18.2 Å². The second kappa shape index (κ2) is 9.29. The van der Waals surface area contributed by atoms with Crippen LogP contribution in [0.5, 0.6) is 0 Å². The minimum atomic E-state index is -3.40. The van der Waals surface area contributed by atoms with Crippen LogP contribution in [0.15, 0.2) is 78.9 Å². The summed E-state index contributed by atoms with van der Waals surface area (Å²) >= 11 is 1.08. The van der Waals surface area contributed by atoms with Crippen molar-refractivity contribution in [2.45, 2.75) is 18.0 Å². The Hall–Kier alpha value is -3.88. The van der Waals surface area contributed by atoms with E-state index < -0.39 is 35.7 Å². The molecule has 0 spiro atoms. The van der Waals surface area contributed by atoms with Crippen LogP contribution in [0.2, 0.25) is 0 Å². The van der Waals surface area contributed by atoms with E-state index in [2.05, 4.69) is 10.3 Å². The Labute approximate surface area is 209 Å². The number of esters is 1. The SMILES string of the molecule is O=C(COC(=O)C1(P(=O)(c2ccccc2)c2ccccc2)CC1)Nc1nc2ccc([N+](=O)[O-])cc2s1. The normalized spacial score (nSPS) is 14.2. The fraction of sp³-hybridized carbons (Fsp3) is 0.160. The van der Waals surface area contributed by atoms with Crippen LogP contribution < -0.4 is 15.9 Å². The number of thiazole rings is 1. The molecule has 1 saturated carbocycles. The third kappa shape index (κ3) is 4.19. The molecule has 36 heavy (non-hydrogen) atoms. The van der Waals surface area contributed by atoms with Gasteiger partial charge >= 0.3 is 5.97 Å². The highest BCUT2D eigenvalue weighted by Crippen LogP contribution is 2.68. The molecule has 4 aromatic rings. The van der Waals surface area contributed by atoms with Crippen molar-refractivity contribution in [1.82, 2.24) is 4.98 Å². The first kappa shape index (κ1) is 23.8. The first-order valence-electron chi connectivity index (χ1n) is 11.1. The Kier molecular flexibility index (Phi) is 6.15. The number of carbonyl (C=O) groups is 2. The largest absolute Gasteiger partial charge is 0.455 e. The van der Waals surface area contributed by atoms with Gasteiger partial charge in [0.25, 0.3) is 11.6 Å². The van der Waals surface area contributed by atoms with Crippen LogP contribution >= 0.6 is 18.5 Å². The number of nitro benzene ring substituents is 1. The molecule has 1 aromatic heterocycles. The summed E-state index contributed by atoms with van der Waals surface area (Å²) in [5.41, 5.74) is 0.426. The molecule has 0 atom stereocenters. The number of aromatic nitrogens is 1. The average Bonchev–Trinajstić information content (AvgIpc) is 3.62. The van der Waals surface area contributed by atoms with E-state index in [9.17, 15) is 24.3 Å². The van der Waals surface area contributed by atoms with Crippen LogP contribution in [0.1, 0.15) is 12.8 Å². The number of nitro groups is 1. The predicted octanol–water partition coefficient (Wildman–Crippen LogP) is 4.23. The van der Waals surface area contributed by atoms with Crippen molar-refractivity contribution < 1.29 is 23.8 Å². The van der Waals surface area contributed by atoms with Crippen LogP contribution in [0.25, 0.3) is 10.2 Å². The molecule has 0 bridgehead atoms. The third-order valence-electron chi connectivity index (χ3n) is 6.11. The van der Waals surface area contributed by atoms with Gasteiger partial charge in [-0.3, -0.25) is 25.0 Å². The third-order valence-corrected chi connectivity index (χ3v) is 10.9. The van der Waals surface area contributed by atoms with Gasteiger partial charge in [0.15, 0.2) is 18.9 Å². The summed E-state index contributed by atoms with van der Waals surface area (Å²) in [6.45, 7) is -0.569. The smallest absolute Gasteiger partial charge is 0.320 e. The molecule has 0 saturated heterocycles. The molecule has 182 valence electrons. The first-order valence-corrected chi connectivity index (χ1v) is 13.6. The summed E-state index contributed by atoms with van der Waals surface area (Å²) < 4.78 is 20.5. The number of rotatable bonds is 8. The number of carbonyl (C=O) groups excluding carboxylic acids is 2. The van der Waals surface area contributed by atoms with E-state index in [0.29, 0.717) is 33.7 Å². The van der Waals surface area contributed by atoms with Gasteiger partial charge in [-0.2, -0.15) is 0 Å². The van der Waals surface area contributed by atoms with Crippen LogP contribution in [-0.2, 0) is 18.9 Å². The van der Waals surface area contributed by atoms with Gasteiger partial charge in [0.2, 0.25) is 0 Å². The summed E-state index contributed by atoms with van der Waals surface area (Å²) in [5.74, 6) is -1.28. The van der Waals surface area contributed by atoms with E-state index >= 15 is 0 Å². The Morgan fingerprint density at radius 2 is 1.64 bits per heavy atom. The van der Waals surface area contributed by atoms with E-state index in [-0.39, 0.29) is 10.8 Å². The summed E-state index contributed by atoms with van der Waals surface area (Å²) in [6.07, 6.45) is 0.788. The molecular formula is C25H20N3O6PS. The van der Waals surface area contributed by atoms with Crippen molar-refractivity contribution in [3.63, 3.8) is 0 Å². The zero-order chi connectivity index (χ0) is 25.3. The van der Waals surface area contributed by atoms with Crippen LogP contribution in [0.3, 0.4) is 0 Å². The van der Waals surface area contributed by atoms with E-state index in [1.54, 1.807) is 48.5 Å². The number of nitrogens with zero attached hydrogens (tertiary/aromatic N) is 2. The molecular weight excluding hydrogens is 501 g/mol. The van der Waals surface area contributed by atoms with Gasteiger partial charge in [0.05, 0.1) is 15.1 Å². The molecule has 1 N–H and O–H groups in total. The first-order chi connectivity index (χ1) is 17.3. The molecule has 1 amide bonds. The summed E-state index contributed by atoms with van der Waals surface area (Å²) in [5, 5.41) is 13.7. The van der Waals surface area contributed by atoms with Crippen LogP contribution in [-0.4, -0.2) is 33.5 Å². The molecule has 0 aliphatic heterocycles. The van der Waals surface area contributed by atoms with Crippen LogP contribution in [0, 0.1) is 10.1 Å². The maximum absolute atomic E-state index is 14.6. The van der Waals surface area contributed by atoms with Gasteiger partial charge in [0.1, 0.15) is 5.16 Å². The Morgan fingerprint density at radius 3 is 2.19 bits per heavy atom.